The number of anilines is 1. The van der Waals surface area contributed by atoms with Gasteiger partial charge >= 0.3 is 5.97 Å². The van der Waals surface area contributed by atoms with Gasteiger partial charge in [-0.25, -0.2) is 9.97 Å². The Balaban J connectivity index is 1.97. The molecular formula is C18H22N4O2. The summed E-state index contributed by atoms with van der Waals surface area (Å²) in [5.74, 6) is 1.24. The Morgan fingerprint density at radius 1 is 1.25 bits per heavy atom. The maximum atomic E-state index is 10.8. The maximum absolute atomic E-state index is 10.8. The number of pyridine rings is 1. The van der Waals surface area contributed by atoms with Crippen LogP contribution < -0.4 is 5.73 Å². The number of nitrogens with zero attached hydrogens (tertiary/aromatic N) is 3. The fourth-order valence-electron chi connectivity index (χ4n) is 3.00. The maximum Gasteiger partial charge on any atom is 0.302 e. The van der Waals surface area contributed by atoms with Gasteiger partial charge in [-0.1, -0.05) is 25.1 Å². The Morgan fingerprint density at radius 2 is 2.04 bits per heavy atom. The zero-order valence-electron chi connectivity index (χ0n) is 14.1. The van der Waals surface area contributed by atoms with Crippen molar-refractivity contribution in [1.29, 1.82) is 0 Å². The van der Waals surface area contributed by atoms with E-state index in [9.17, 15) is 4.79 Å². The third kappa shape index (κ3) is 3.04. The minimum atomic E-state index is -0.234. The van der Waals surface area contributed by atoms with E-state index in [1.165, 1.54) is 6.92 Å². The van der Waals surface area contributed by atoms with E-state index in [2.05, 4.69) is 22.5 Å². The normalized spacial score (nSPS) is 11.2. The number of carbonyl (C=O) groups is 1. The summed E-state index contributed by atoms with van der Waals surface area (Å²) in [7, 11) is 0. The second-order valence-electron chi connectivity index (χ2n) is 5.79. The summed E-state index contributed by atoms with van der Waals surface area (Å²) in [6.07, 6.45) is 2.55. The van der Waals surface area contributed by atoms with Gasteiger partial charge in [0.2, 0.25) is 0 Å². The lowest BCUT2D eigenvalue weighted by Crippen LogP contribution is -2.06. The number of para-hydroxylation sites is 1. The number of fused-ring (bicyclic) bond motifs is 3. The second-order valence-corrected chi connectivity index (χ2v) is 5.79. The molecule has 0 bridgehead atoms. The fourth-order valence-corrected chi connectivity index (χ4v) is 3.00. The largest absolute Gasteiger partial charge is 0.466 e. The molecule has 0 aliphatic heterocycles. The van der Waals surface area contributed by atoms with Gasteiger partial charge in [0.05, 0.1) is 17.6 Å². The summed E-state index contributed by atoms with van der Waals surface area (Å²) >= 11 is 0. The van der Waals surface area contributed by atoms with Crippen molar-refractivity contribution in [3.8, 4) is 0 Å². The molecule has 24 heavy (non-hydrogen) atoms. The van der Waals surface area contributed by atoms with Gasteiger partial charge in [-0.15, -0.1) is 0 Å². The number of aromatic nitrogens is 3. The molecule has 126 valence electrons. The highest BCUT2D eigenvalue weighted by atomic mass is 16.5. The quantitative estimate of drug-likeness (QED) is 0.556. The Hall–Kier alpha value is -2.63. The van der Waals surface area contributed by atoms with Crippen LogP contribution in [0.3, 0.4) is 0 Å². The van der Waals surface area contributed by atoms with Crippen LogP contribution in [0, 0.1) is 0 Å². The molecule has 0 saturated heterocycles. The molecule has 0 atom stereocenters. The zero-order valence-corrected chi connectivity index (χ0v) is 14.1. The molecule has 0 aliphatic rings. The Morgan fingerprint density at radius 3 is 2.79 bits per heavy atom. The molecule has 2 aromatic heterocycles. The Labute approximate surface area is 140 Å². The molecule has 0 fully saturated rings. The second kappa shape index (κ2) is 6.86. The van der Waals surface area contributed by atoms with E-state index < -0.39 is 0 Å². The number of benzene rings is 1. The average molecular weight is 326 g/mol. The van der Waals surface area contributed by atoms with Crippen LogP contribution in [-0.4, -0.2) is 27.1 Å². The molecule has 0 aliphatic carbocycles. The first kappa shape index (κ1) is 16.2. The SMILES string of the molecule is CCc1nc2c(N)nc3ccccc3c2n1CCCCOC(C)=O. The lowest BCUT2D eigenvalue weighted by Gasteiger charge is -2.10. The van der Waals surface area contributed by atoms with Crippen molar-refractivity contribution in [2.24, 2.45) is 0 Å². The van der Waals surface area contributed by atoms with E-state index in [-0.39, 0.29) is 5.97 Å². The molecule has 0 spiro atoms. The topological polar surface area (TPSA) is 83.0 Å². The van der Waals surface area contributed by atoms with Gasteiger partial charge in [-0.2, -0.15) is 0 Å². The smallest absolute Gasteiger partial charge is 0.302 e. The number of ether oxygens (including phenoxy) is 1. The molecule has 2 N–H and O–H groups in total. The van der Waals surface area contributed by atoms with Crippen LogP contribution >= 0.6 is 0 Å². The number of aryl methyl sites for hydroxylation is 2. The van der Waals surface area contributed by atoms with Gasteiger partial charge in [-0.05, 0) is 18.9 Å². The molecule has 6 nitrogen and oxygen atoms in total. The monoisotopic (exact) mass is 326 g/mol. The van der Waals surface area contributed by atoms with Crippen molar-refractivity contribution in [3.63, 3.8) is 0 Å². The highest BCUT2D eigenvalue weighted by Gasteiger charge is 2.15. The van der Waals surface area contributed by atoms with E-state index in [1.54, 1.807) is 0 Å². The van der Waals surface area contributed by atoms with Crippen LogP contribution in [0.5, 0.6) is 0 Å². The van der Waals surface area contributed by atoms with Gasteiger partial charge < -0.3 is 15.0 Å². The molecule has 6 heteroatoms. The van der Waals surface area contributed by atoms with Crippen molar-refractivity contribution in [2.45, 2.75) is 39.7 Å². The van der Waals surface area contributed by atoms with E-state index in [0.29, 0.717) is 12.4 Å². The number of hydrogen-bond donors (Lipinski definition) is 1. The van der Waals surface area contributed by atoms with Crippen LogP contribution in [0.4, 0.5) is 5.82 Å². The first-order valence-electron chi connectivity index (χ1n) is 8.28. The van der Waals surface area contributed by atoms with Crippen molar-refractivity contribution in [1.82, 2.24) is 14.5 Å². The molecule has 3 rings (SSSR count). The number of unbranched alkanes of at least 4 members (excludes halogenated alkanes) is 1. The molecule has 0 radical (unpaired) electrons. The predicted molar refractivity (Wildman–Crippen MR) is 94.7 cm³/mol. The molecule has 0 saturated carbocycles. The molecule has 0 unspecified atom stereocenters. The van der Waals surface area contributed by atoms with Crippen molar-refractivity contribution in [3.05, 3.63) is 30.1 Å². The summed E-state index contributed by atoms with van der Waals surface area (Å²) in [6, 6.07) is 7.99. The number of rotatable bonds is 6. The summed E-state index contributed by atoms with van der Waals surface area (Å²) < 4.78 is 7.23. The van der Waals surface area contributed by atoms with E-state index in [1.807, 2.05) is 18.2 Å². The van der Waals surface area contributed by atoms with Gasteiger partial charge in [0.25, 0.3) is 0 Å². The number of imidazole rings is 1. The van der Waals surface area contributed by atoms with E-state index in [4.69, 9.17) is 15.5 Å². The minimum Gasteiger partial charge on any atom is -0.466 e. The first-order valence-corrected chi connectivity index (χ1v) is 8.28. The number of nitrogens with two attached hydrogens (primary N) is 1. The third-order valence-corrected chi connectivity index (χ3v) is 4.09. The number of nitrogen functional groups attached to an aromatic ring is 1. The molecule has 0 amide bonds. The minimum absolute atomic E-state index is 0.234. The van der Waals surface area contributed by atoms with Crippen molar-refractivity contribution in [2.75, 3.05) is 12.3 Å². The summed E-state index contributed by atoms with van der Waals surface area (Å²) in [5.41, 5.74) is 8.82. The zero-order chi connectivity index (χ0) is 17.1. The predicted octanol–water partition coefficient (Wildman–Crippen LogP) is 3.07. The molecule has 2 heterocycles. The summed E-state index contributed by atoms with van der Waals surface area (Å²) in [5, 5.41) is 1.06. The van der Waals surface area contributed by atoms with Crippen molar-refractivity contribution < 1.29 is 9.53 Å². The van der Waals surface area contributed by atoms with Crippen LogP contribution in [-0.2, 0) is 22.5 Å². The van der Waals surface area contributed by atoms with E-state index in [0.717, 1.165) is 53.6 Å². The van der Waals surface area contributed by atoms with Crippen LogP contribution in [0.1, 0.15) is 32.5 Å². The van der Waals surface area contributed by atoms with E-state index >= 15 is 0 Å². The number of carbonyl (C=O) groups excluding carboxylic acids is 1. The summed E-state index contributed by atoms with van der Waals surface area (Å²) in [6.45, 7) is 4.78. The average Bonchev–Trinajstić information content (AvgIpc) is 2.94. The van der Waals surface area contributed by atoms with Crippen LogP contribution in [0.25, 0.3) is 21.9 Å². The highest BCUT2D eigenvalue weighted by Crippen LogP contribution is 2.29. The Kier molecular flexibility index (Phi) is 4.64. The first-order chi connectivity index (χ1) is 11.6. The van der Waals surface area contributed by atoms with Gasteiger partial charge in [0.1, 0.15) is 11.3 Å². The third-order valence-electron chi connectivity index (χ3n) is 4.09. The van der Waals surface area contributed by atoms with Crippen molar-refractivity contribution >= 4 is 33.7 Å². The Bertz CT molecular complexity index is 885. The fraction of sp³-hybridized carbons (Fsp3) is 0.389. The van der Waals surface area contributed by atoms with Gasteiger partial charge in [0.15, 0.2) is 5.82 Å². The standard InChI is InChI=1S/C18H22N4O2/c1-3-15-21-16-17(22(15)10-6-7-11-24-12(2)23)13-8-4-5-9-14(13)20-18(16)19/h4-5,8-9H,3,6-7,10-11H2,1-2H3,(H2,19,20). The summed E-state index contributed by atoms with van der Waals surface area (Å²) in [4.78, 5) is 20.0. The molecule has 3 aromatic rings. The van der Waals surface area contributed by atoms with Gasteiger partial charge in [0, 0.05) is 25.3 Å². The number of esters is 1. The molecular weight excluding hydrogens is 304 g/mol. The van der Waals surface area contributed by atoms with Gasteiger partial charge in [-0.3, -0.25) is 4.79 Å². The highest BCUT2D eigenvalue weighted by molar-refractivity contribution is 6.06. The molecule has 1 aromatic carbocycles. The lowest BCUT2D eigenvalue weighted by molar-refractivity contribution is -0.141. The van der Waals surface area contributed by atoms with Crippen LogP contribution in [0.15, 0.2) is 24.3 Å². The lowest BCUT2D eigenvalue weighted by atomic mass is 10.2. The number of hydrogen-bond acceptors (Lipinski definition) is 5. The van der Waals surface area contributed by atoms with Crippen LogP contribution in [0.2, 0.25) is 0 Å².